The van der Waals surface area contributed by atoms with Gasteiger partial charge in [-0.3, -0.25) is 9.89 Å². The molecular formula is C21H31N5O4. The Morgan fingerprint density at radius 2 is 1.80 bits per heavy atom. The molecule has 164 valence electrons. The number of nitrogens with one attached hydrogen (secondary N) is 1. The Morgan fingerprint density at radius 3 is 2.33 bits per heavy atom. The molecule has 0 radical (unpaired) electrons. The summed E-state index contributed by atoms with van der Waals surface area (Å²) in [5, 5.41) is 7.46. The van der Waals surface area contributed by atoms with Crippen LogP contribution in [0.15, 0.2) is 34.0 Å². The van der Waals surface area contributed by atoms with E-state index in [1.165, 1.54) is 0 Å². The van der Waals surface area contributed by atoms with Crippen LogP contribution in [-0.2, 0) is 13.0 Å². The summed E-state index contributed by atoms with van der Waals surface area (Å²) in [6.07, 6.45) is 2.35. The van der Waals surface area contributed by atoms with Crippen LogP contribution < -0.4 is 19.5 Å². The van der Waals surface area contributed by atoms with Gasteiger partial charge in [0.15, 0.2) is 5.96 Å². The third-order valence-corrected chi connectivity index (χ3v) is 5.24. The van der Waals surface area contributed by atoms with Crippen molar-refractivity contribution in [1.82, 2.24) is 20.3 Å². The van der Waals surface area contributed by atoms with Crippen molar-refractivity contribution in [1.29, 1.82) is 0 Å². The number of aromatic nitrogens is 1. The fraction of sp³-hybridized carbons (Fsp3) is 0.524. The zero-order chi connectivity index (χ0) is 21.3. The van der Waals surface area contributed by atoms with Gasteiger partial charge in [0.2, 0.25) is 0 Å². The fourth-order valence-corrected chi connectivity index (χ4v) is 3.62. The first-order chi connectivity index (χ1) is 14.7. The molecule has 1 aromatic carbocycles. The van der Waals surface area contributed by atoms with E-state index >= 15 is 0 Å². The molecule has 9 heteroatoms. The number of hydrogen-bond donors (Lipinski definition) is 1. The third-order valence-electron chi connectivity index (χ3n) is 5.24. The maximum absolute atomic E-state index is 5.54. The molecule has 1 saturated heterocycles. The number of rotatable bonds is 8. The molecule has 0 saturated carbocycles. The summed E-state index contributed by atoms with van der Waals surface area (Å²) >= 11 is 0. The lowest BCUT2D eigenvalue weighted by atomic mass is 10.1. The number of ether oxygens (including phenoxy) is 3. The molecule has 1 aromatic heterocycles. The van der Waals surface area contributed by atoms with Crippen LogP contribution in [0.5, 0.6) is 17.2 Å². The Labute approximate surface area is 177 Å². The maximum atomic E-state index is 5.54. The van der Waals surface area contributed by atoms with Crippen molar-refractivity contribution in [2.24, 2.45) is 4.99 Å². The first kappa shape index (κ1) is 21.8. The lowest BCUT2D eigenvalue weighted by Crippen LogP contribution is -2.52. The number of benzene rings is 1. The highest BCUT2D eigenvalue weighted by atomic mass is 16.5. The largest absolute Gasteiger partial charge is 0.496 e. The summed E-state index contributed by atoms with van der Waals surface area (Å²) in [5.74, 6) is 3.12. The van der Waals surface area contributed by atoms with E-state index in [9.17, 15) is 0 Å². The van der Waals surface area contributed by atoms with E-state index in [0.29, 0.717) is 12.3 Å². The molecule has 30 heavy (non-hydrogen) atoms. The van der Waals surface area contributed by atoms with Gasteiger partial charge in [-0.15, -0.1) is 0 Å². The lowest BCUT2D eigenvalue weighted by molar-refractivity contribution is 0.169. The molecular weight excluding hydrogens is 386 g/mol. The molecule has 2 heterocycles. The van der Waals surface area contributed by atoms with E-state index in [-0.39, 0.29) is 0 Å². The van der Waals surface area contributed by atoms with E-state index in [4.69, 9.17) is 18.7 Å². The monoisotopic (exact) mass is 417 g/mol. The minimum Gasteiger partial charge on any atom is -0.496 e. The molecule has 1 aliphatic heterocycles. The van der Waals surface area contributed by atoms with Crippen molar-refractivity contribution in [2.75, 3.05) is 61.1 Å². The molecule has 9 nitrogen and oxygen atoms in total. The minimum atomic E-state index is 0.708. The van der Waals surface area contributed by atoms with Gasteiger partial charge in [-0.1, -0.05) is 5.16 Å². The molecule has 0 spiro atoms. The molecule has 3 rings (SSSR count). The molecule has 0 amide bonds. The molecule has 0 atom stereocenters. The second-order valence-electron chi connectivity index (χ2n) is 6.99. The first-order valence-corrected chi connectivity index (χ1v) is 10.0. The number of nitrogens with zero attached hydrogens (tertiary/aromatic N) is 4. The summed E-state index contributed by atoms with van der Waals surface area (Å²) in [7, 11) is 6.76. The molecule has 1 N–H and O–H groups in total. The van der Waals surface area contributed by atoms with Crippen molar-refractivity contribution < 1.29 is 18.7 Å². The molecule has 1 aliphatic rings. The van der Waals surface area contributed by atoms with Gasteiger partial charge in [0.05, 0.1) is 27.0 Å². The van der Waals surface area contributed by atoms with Gasteiger partial charge in [0, 0.05) is 70.1 Å². The highest BCUT2D eigenvalue weighted by Gasteiger charge is 2.20. The Kier molecular flexibility index (Phi) is 7.78. The van der Waals surface area contributed by atoms with Crippen LogP contribution in [0.4, 0.5) is 0 Å². The Morgan fingerprint density at radius 1 is 1.10 bits per heavy atom. The van der Waals surface area contributed by atoms with Crippen molar-refractivity contribution in [3.63, 3.8) is 0 Å². The van der Waals surface area contributed by atoms with Gasteiger partial charge in [-0.05, 0) is 6.42 Å². The average Bonchev–Trinajstić information content (AvgIpc) is 3.30. The molecule has 2 aromatic rings. The van der Waals surface area contributed by atoms with E-state index in [0.717, 1.165) is 67.9 Å². The van der Waals surface area contributed by atoms with Gasteiger partial charge in [0.1, 0.15) is 23.5 Å². The summed E-state index contributed by atoms with van der Waals surface area (Å²) in [6, 6.07) is 5.66. The van der Waals surface area contributed by atoms with E-state index < -0.39 is 0 Å². The van der Waals surface area contributed by atoms with Crippen LogP contribution in [0.3, 0.4) is 0 Å². The van der Waals surface area contributed by atoms with Crippen LogP contribution >= 0.6 is 0 Å². The predicted molar refractivity (Wildman–Crippen MR) is 115 cm³/mol. The van der Waals surface area contributed by atoms with Crippen LogP contribution in [0.2, 0.25) is 0 Å². The molecule has 0 unspecified atom stereocenters. The average molecular weight is 418 g/mol. The highest BCUT2D eigenvalue weighted by molar-refractivity contribution is 5.80. The SMILES string of the molecule is CN=C(NCCc1c(OC)cc(OC)cc1OC)N1CCN(Cc2ccon2)CC1. The van der Waals surface area contributed by atoms with Crippen LogP contribution in [-0.4, -0.2) is 82.0 Å². The van der Waals surface area contributed by atoms with Gasteiger partial charge in [-0.25, -0.2) is 0 Å². The minimum absolute atomic E-state index is 0.708. The van der Waals surface area contributed by atoms with Crippen molar-refractivity contribution in [3.05, 3.63) is 35.7 Å². The normalized spacial score (nSPS) is 15.2. The Balaban J connectivity index is 1.53. The standard InChI is InChI=1S/C21H31N5O4/c1-22-21(26-10-8-25(9-11-26)15-16-6-12-30-24-16)23-7-5-18-19(28-3)13-17(27-2)14-20(18)29-4/h6,12-14H,5,7-11,15H2,1-4H3,(H,22,23). The zero-order valence-corrected chi connectivity index (χ0v) is 18.2. The highest BCUT2D eigenvalue weighted by Crippen LogP contribution is 2.34. The van der Waals surface area contributed by atoms with Crippen molar-refractivity contribution >= 4 is 5.96 Å². The van der Waals surface area contributed by atoms with Gasteiger partial charge in [0.25, 0.3) is 0 Å². The van der Waals surface area contributed by atoms with Crippen molar-refractivity contribution in [3.8, 4) is 17.2 Å². The Hall–Kier alpha value is -2.94. The first-order valence-electron chi connectivity index (χ1n) is 10.0. The van der Waals surface area contributed by atoms with Crippen molar-refractivity contribution in [2.45, 2.75) is 13.0 Å². The second kappa shape index (κ2) is 10.7. The molecule has 0 aliphatic carbocycles. The quantitative estimate of drug-likeness (QED) is 0.513. The maximum Gasteiger partial charge on any atom is 0.193 e. The van der Waals surface area contributed by atoms with Gasteiger partial charge in [-0.2, -0.15) is 0 Å². The number of piperazine rings is 1. The van der Waals surface area contributed by atoms with Crippen LogP contribution in [0.25, 0.3) is 0 Å². The summed E-state index contributed by atoms with van der Waals surface area (Å²) in [5.41, 5.74) is 1.97. The van der Waals surface area contributed by atoms with Crippen LogP contribution in [0, 0.1) is 0 Å². The topological polar surface area (TPSA) is 84.6 Å². The fourth-order valence-electron chi connectivity index (χ4n) is 3.62. The number of methoxy groups -OCH3 is 3. The molecule has 1 fully saturated rings. The van der Waals surface area contributed by atoms with E-state index in [2.05, 4.69) is 25.3 Å². The van der Waals surface area contributed by atoms with Crippen LogP contribution in [0.1, 0.15) is 11.3 Å². The Bertz CT molecular complexity index is 792. The van der Waals surface area contributed by atoms with Gasteiger partial charge < -0.3 is 29.0 Å². The third kappa shape index (κ3) is 5.35. The second-order valence-corrected chi connectivity index (χ2v) is 6.99. The number of hydrogen-bond acceptors (Lipinski definition) is 7. The number of guanidine groups is 1. The predicted octanol–water partition coefficient (Wildman–Crippen LogP) is 1.64. The summed E-state index contributed by atoms with van der Waals surface area (Å²) in [6.45, 7) is 5.25. The zero-order valence-electron chi connectivity index (χ0n) is 18.2. The smallest absolute Gasteiger partial charge is 0.193 e. The molecule has 0 bridgehead atoms. The lowest BCUT2D eigenvalue weighted by Gasteiger charge is -2.36. The summed E-state index contributed by atoms with van der Waals surface area (Å²) in [4.78, 5) is 9.11. The van der Waals surface area contributed by atoms with E-state index in [1.54, 1.807) is 27.6 Å². The summed E-state index contributed by atoms with van der Waals surface area (Å²) < 4.78 is 21.3. The van der Waals surface area contributed by atoms with Gasteiger partial charge >= 0.3 is 0 Å². The van der Waals surface area contributed by atoms with E-state index in [1.807, 2.05) is 25.2 Å². The number of aliphatic imine (C=N–C) groups is 1.